The highest BCUT2D eigenvalue weighted by Gasteiger charge is 2.50. The fourth-order valence-corrected chi connectivity index (χ4v) is 3.54. The van der Waals surface area contributed by atoms with E-state index >= 15 is 0 Å². The van der Waals surface area contributed by atoms with Gasteiger partial charge in [-0.25, -0.2) is 18.6 Å². The minimum absolute atomic E-state index is 0.113. The van der Waals surface area contributed by atoms with Crippen LogP contribution in [0.5, 0.6) is 0 Å². The van der Waals surface area contributed by atoms with E-state index in [2.05, 4.69) is 10.3 Å². The highest BCUT2D eigenvalue weighted by molar-refractivity contribution is 6.30. The van der Waals surface area contributed by atoms with Crippen molar-refractivity contribution in [3.63, 3.8) is 0 Å². The molecule has 1 fully saturated rings. The Morgan fingerprint density at radius 2 is 1.89 bits per heavy atom. The van der Waals surface area contributed by atoms with Crippen LogP contribution in [0.4, 0.5) is 13.6 Å². The number of carbonyl (C=O) groups is 2. The van der Waals surface area contributed by atoms with Gasteiger partial charge in [-0.2, -0.15) is 0 Å². The molecule has 4 rings (SSSR count). The maximum atomic E-state index is 14.2. The Bertz CT molecular complexity index is 1140. The Balaban J connectivity index is 1.69. The third kappa shape index (κ3) is 2.88. The maximum Gasteiger partial charge on any atom is 0.325 e. The topological polar surface area (TPSA) is 62.3 Å². The van der Waals surface area contributed by atoms with Gasteiger partial charge in [0.15, 0.2) is 0 Å². The van der Waals surface area contributed by atoms with Crippen molar-refractivity contribution in [2.75, 3.05) is 0 Å². The summed E-state index contributed by atoms with van der Waals surface area (Å²) in [5.74, 6) is -2.34. The van der Waals surface area contributed by atoms with Gasteiger partial charge < -0.3 is 5.32 Å². The Hall–Kier alpha value is -3.06. The first kappa shape index (κ1) is 18.3. The summed E-state index contributed by atoms with van der Waals surface area (Å²) in [4.78, 5) is 30.7. The molecule has 0 bridgehead atoms. The van der Waals surface area contributed by atoms with E-state index in [1.54, 1.807) is 12.1 Å². The standard InChI is InChI=1S/C20H14ClF2N3O2/c1-20(14-7-6-13(22)9-15(14)23)18(27)26(19(28)25-20)10-12-8-11-4-2-3-5-16(11)24-17(12)21/h2-9H,10H2,1H3,(H,25,28)/t20-/m0/s1. The molecule has 2 heterocycles. The van der Waals surface area contributed by atoms with E-state index in [4.69, 9.17) is 11.6 Å². The van der Waals surface area contributed by atoms with Gasteiger partial charge in [0, 0.05) is 22.6 Å². The molecule has 1 aliphatic rings. The molecule has 2 aromatic carbocycles. The van der Waals surface area contributed by atoms with Gasteiger partial charge in [-0.3, -0.25) is 9.69 Å². The fourth-order valence-electron chi connectivity index (χ4n) is 3.34. The average molecular weight is 402 g/mol. The van der Waals surface area contributed by atoms with E-state index in [9.17, 15) is 18.4 Å². The average Bonchev–Trinajstić information content (AvgIpc) is 2.86. The molecule has 0 aliphatic carbocycles. The number of aromatic nitrogens is 1. The van der Waals surface area contributed by atoms with Gasteiger partial charge in [-0.15, -0.1) is 0 Å². The van der Waals surface area contributed by atoms with Crippen LogP contribution in [0.15, 0.2) is 48.5 Å². The first-order valence-corrected chi connectivity index (χ1v) is 8.81. The van der Waals surface area contributed by atoms with E-state index in [0.29, 0.717) is 17.1 Å². The monoisotopic (exact) mass is 401 g/mol. The van der Waals surface area contributed by atoms with Gasteiger partial charge in [0.2, 0.25) is 0 Å². The summed E-state index contributed by atoms with van der Waals surface area (Å²) in [5, 5.41) is 3.47. The van der Waals surface area contributed by atoms with E-state index in [1.807, 2.05) is 18.2 Å². The number of urea groups is 1. The summed E-state index contributed by atoms with van der Waals surface area (Å²) < 4.78 is 27.5. The third-order valence-electron chi connectivity index (χ3n) is 4.82. The predicted octanol–water partition coefficient (Wildman–Crippen LogP) is 4.13. The molecule has 1 aliphatic heterocycles. The number of pyridine rings is 1. The second-order valence-electron chi connectivity index (χ2n) is 6.70. The molecule has 0 saturated carbocycles. The van der Waals surface area contributed by atoms with Crippen molar-refractivity contribution < 1.29 is 18.4 Å². The van der Waals surface area contributed by atoms with Crippen molar-refractivity contribution in [2.24, 2.45) is 0 Å². The molecule has 5 nitrogen and oxygen atoms in total. The van der Waals surface area contributed by atoms with Crippen molar-refractivity contribution in [2.45, 2.75) is 19.0 Å². The smallest absolute Gasteiger partial charge is 0.319 e. The van der Waals surface area contributed by atoms with Crippen LogP contribution in [0.1, 0.15) is 18.1 Å². The number of halogens is 3. The van der Waals surface area contributed by atoms with Crippen LogP contribution in [0.25, 0.3) is 10.9 Å². The van der Waals surface area contributed by atoms with Crippen LogP contribution in [0, 0.1) is 11.6 Å². The number of imide groups is 1. The molecule has 8 heteroatoms. The highest BCUT2D eigenvalue weighted by Crippen LogP contribution is 2.32. The lowest BCUT2D eigenvalue weighted by atomic mass is 9.91. The van der Waals surface area contributed by atoms with E-state index in [1.165, 1.54) is 6.92 Å². The number of rotatable bonds is 3. The van der Waals surface area contributed by atoms with Gasteiger partial charge in [-0.1, -0.05) is 35.9 Å². The van der Waals surface area contributed by atoms with Gasteiger partial charge >= 0.3 is 6.03 Å². The van der Waals surface area contributed by atoms with Crippen molar-refractivity contribution >= 4 is 34.4 Å². The van der Waals surface area contributed by atoms with Crippen LogP contribution in [-0.2, 0) is 16.9 Å². The second kappa shape index (κ2) is 6.53. The molecule has 0 spiro atoms. The largest absolute Gasteiger partial charge is 0.325 e. The van der Waals surface area contributed by atoms with E-state index in [-0.39, 0.29) is 17.3 Å². The van der Waals surface area contributed by atoms with Crippen molar-refractivity contribution in [1.29, 1.82) is 0 Å². The molecule has 0 radical (unpaired) electrons. The molecule has 28 heavy (non-hydrogen) atoms. The molecule has 3 aromatic rings. The minimum Gasteiger partial charge on any atom is -0.319 e. The second-order valence-corrected chi connectivity index (χ2v) is 7.06. The van der Waals surface area contributed by atoms with Crippen molar-refractivity contribution in [3.8, 4) is 0 Å². The minimum atomic E-state index is -1.65. The van der Waals surface area contributed by atoms with Crippen LogP contribution in [-0.4, -0.2) is 21.8 Å². The van der Waals surface area contributed by atoms with Gasteiger partial charge in [0.05, 0.1) is 12.1 Å². The molecular formula is C20H14ClF2N3O2. The number of para-hydroxylation sites is 1. The molecule has 1 aromatic heterocycles. The quantitative estimate of drug-likeness (QED) is 0.530. The van der Waals surface area contributed by atoms with Crippen LogP contribution < -0.4 is 5.32 Å². The zero-order valence-corrected chi connectivity index (χ0v) is 15.4. The first-order chi connectivity index (χ1) is 13.3. The summed E-state index contributed by atoms with van der Waals surface area (Å²) in [6.07, 6.45) is 0. The summed E-state index contributed by atoms with van der Waals surface area (Å²) in [6.45, 7) is 1.25. The van der Waals surface area contributed by atoms with Gasteiger partial charge in [0.1, 0.15) is 22.3 Å². The SMILES string of the molecule is C[C@@]1(c2ccc(F)cc2F)NC(=O)N(Cc2cc3ccccc3nc2Cl)C1=O. The molecule has 1 atom stereocenters. The molecule has 0 unspecified atom stereocenters. The van der Waals surface area contributed by atoms with E-state index in [0.717, 1.165) is 22.4 Å². The van der Waals surface area contributed by atoms with Crippen LogP contribution >= 0.6 is 11.6 Å². The number of nitrogens with one attached hydrogen (secondary N) is 1. The Kier molecular flexibility index (Phi) is 4.27. The van der Waals surface area contributed by atoms with Crippen LogP contribution in [0.2, 0.25) is 5.15 Å². The Morgan fingerprint density at radius 1 is 1.14 bits per heavy atom. The fraction of sp³-hybridized carbons (Fsp3) is 0.150. The van der Waals surface area contributed by atoms with Gasteiger partial charge in [0.25, 0.3) is 5.91 Å². The summed E-state index contributed by atoms with van der Waals surface area (Å²) in [7, 11) is 0. The molecule has 1 saturated heterocycles. The van der Waals surface area contributed by atoms with Crippen molar-refractivity contribution in [1.82, 2.24) is 15.2 Å². The van der Waals surface area contributed by atoms with Crippen LogP contribution in [0.3, 0.4) is 0 Å². The molecule has 142 valence electrons. The highest BCUT2D eigenvalue weighted by atomic mass is 35.5. The number of benzene rings is 2. The normalized spacial score (nSPS) is 19.4. The first-order valence-electron chi connectivity index (χ1n) is 8.43. The predicted molar refractivity (Wildman–Crippen MR) is 99.5 cm³/mol. The zero-order valence-electron chi connectivity index (χ0n) is 14.7. The summed E-state index contributed by atoms with van der Waals surface area (Å²) in [6, 6.07) is 11.2. The van der Waals surface area contributed by atoms with E-state index < -0.39 is 29.1 Å². The number of fused-ring (bicyclic) bond motifs is 1. The number of hydrogen-bond donors (Lipinski definition) is 1. The molecule has 3 amide bonds. The lowest BCUT2D eigenvalue weighted by Gasteiger charge is -2.23. The van der Waals surface area contributed by atoms with Gasteiger partial charge in [-0.05, 0) is 25.1 Å². The Labute approximate surface area is 163 Å². The lowest BCUT2D eigenvalue weighted by molar-refractivity contribution is -0.131. The zero-order chi connectivity index (χ0) is 20.1. The maximum absolute atomic E-state index is 14.2. The number of nitrogens with zero attached hydrogens (tertiary/aromatic N) is 2. The number of hydrogen-bond acceptors (Lipinski definition) is 3. The van der Waals surface area contributed by atoms with Crippen molar-refractivity contribution in [3.05, 3.63) is 76.4 Å². The molecule has 1 N–H and O–H groups in total. The lowest BCUT2D eigenvalue weighted by Crippen LogP contribution is -2.41. The summed E-state index contributed by atoms with van der Waals surface area (Å²) >= 11 is 6.23. The number of carbonyl (C=O) groups excluding carboxylic acids is 2. The summed E-state index contributed by atoms with van der Waals surface area (Å²) in [5.41, 5.74) is -0.595. The Morgan fingerprint density at radius 3 is 2.64 bits per heavy atom. The third-order valence-corrected chi connectivity index (χ3v) is 5.15. The molecular weight excluding hydrogens is 388 g/mol. The number of amides is 3.